The van der Waals surface area contributed by atoms with Crippen LogP contribution in [0.1, 0.15) is 10.5 Å². The highest BCUT2D eigenvalue weighted by atomic mass is 127. The summed E-state index contributed by atoms with van der Waals surface area (Å²) in [5.41, 5.74) is 1.13. The molecule has 2 heterocycles. The normalized spacial score (nSPS) is 10.6. The molecule has 0 spiro atoms. The molecular formula is C16H11F2IN4O2. The van der Waals surface area contributed by atoms with E-state index in [1.807, 2.05) is 22.6 Å². The summed E-state index contributed by atoms with van der Waals surface area (Å²) in [6.45, 7) is 0. The Morgan fingerprint density at radius 3 is 2.40 bits per heavy atom. The number of methoxy groups -OCH3 is 1. The van der Waals surface area contributed by atoms with Gasteiger partial charge in [-0.25, -0.2) is 13.6 Å². The van der Waals surface area contributed by atoms with Crippen LogP contribution in [0.3, 0.4) is 0 Å². The summed E-state index contributed by atoms with van der Waals surface area (Å²) >= 11 is 2.02. The number of ether oxygens (including phenoxy) is 1. The van der Waals surface area contributed by atoms with Crippen molar-refractivity contribution >= 4 is 50.4 Å². The van der Waals surface area contributed by atoms with E-state index < -0.39 is 11.8 Å². The van der Waals surface area contributed by atoms with Gasteiger partial charge in [-0.05, 0) is 46.9 Å². The number of carbonyl (C=O) groups is 1. The van der Waals surface area contributed by atoms with Crippen LogP contribution in [0.4, 0.5) is 8.78 Å². The van der Waals surface area contributed by atoms with Crippen molar-refractivity contribution in [2.75, 3.05) is 7.11 Å². The fraction of sp³-hybridized carbons (Fsp3) is 0.0625. The van der Waals surface area contributed by atoms with Crippen molar-refractivity contribution in [3.05, 3.63) is 57.4 Å². The molecule has 0 fully saturated rings. The number of aromatic nitrogens is 4. The van der Waals surface area contributed by atoms with Gasteiger partial charge in [-0.2, -0.15) is 10.2 Å². The van der Waals surface area contributed by atoms with E-state index in [9.17, 15) is 13.6 Å². The van der Waals surface area contributed by atoms with Gasteiger partial charge >= 0.3 is 5.97 Å². The van der Waals surface area contributed by atoms with Gasteiger partial charge in [0.2, 0.25) is 0 Å². The maximum Gasteiger partial charge on any atom is 0.359 e. The van der Waals surface area contributed by atoms with Crippen LogP contribution in [0.25, 0.3) is 21.8 Å². The second-order valence-electron chi connectivity index (χ2n) is 4.90. The minimum Gasteiger partial charge on any atom is -0.464 e. The molecule has 0 saturated carbocycles. The minimum atomic E-state index is -0.652. The second kappa shape index (κ2) is 7.13. The molecule has 128 valence electrons. The average Bonchev–Trinajstić information content (AvgIpc) is 3.21. The SMILES string of the molecule is COC(=O)c1n[nH]c2cccc(F)c12.Fc1cccc2n[nH]c(I)c12. The van der Waals surface area contributed by atoms with E-state index in [1.54, 1.807) is 18.2 Å². The van der Waals surface area contributed by atoms with Crippen molar-refractivity contribution in [3.8, 4) is 0 Å². The fourth-order valence-electron chi connectivity index (χ4n) is 2.26. The summed E-state index contributed by atoms with van der Waals surface area (Å²) in [6.07, 6.45) is 0. The third-order valence-electron chi connectivity index (χ3n) is 3.40. The standard InChI is InChI=1S/C9H7FN2O2.C7H4FIN2/c1-14-9(13)8-7-5(10)3-2-4-6(7)11-12-8;8-4-2-1-3-5-6(4)7(9)11-10-5/h2-4H,1H3,(H,11,12);1-3H,(H,10,11). The lowest BCUT2D eigenvalue weighted by Crippen LogP contribution is -2.02. The number of H-pyrrole nitrogens is 2. The molecule has 2 aromatic carbocycles. The second-order valence-corrected chi connectivity index (χ2v) is 5.98. The number of rotatable bonds is 1. The molecule has 0 aliphatic heterocycles. The lowest BCUT2D eigenvalue weighted by molar-refractivity contribution is 0.0596. The lowest BCUT2D eigenvalue weighted by Gasteiger charge is -1.95. The third kappa shape index (κ3) is 3.31. The zero-order chi connectivity index (χ0) is 18.0. The molecule has 0 bridgehead atoms. The van der Waals surface area contributed by atoms with Crippen LogP contribution in [-0.4, -0.2) is 33.5 Å². The van der Waals surface area contributed by atoms with Gasteiger partial charge in [0, 0.05) is 0 Å². The van der Waals surface area contributed by atoms with E-state index in [-0.39, 0.29) is 16.9 Å². The van der Waals surface area contributed by atoms with Crippen LogP contribution in [0, 0.1) is 15.3 Å². The first kappa shape index (κ1) is 17.3. The van der Waals surface area contributed by atoms with E-state index in [4.69, 9.17) is 0 Å². The highest BCUT2D eigenvalue weighted by Crippen LogP contribution is 2.20. The van der Waals surface area contributed by atoms with Gasteiger partial charge in [-0.3, -0.25) is 10.2 Å². The molecule has 4 rings (SSSR count). The Labute approximate surface area is 153 Å². The molecule has 4 aromatic rings. The Kier molecular flexibility index (Phi) is 4.93. The Hall–Kier alpha value is -2.56. The van der Waals surface area contributed by atoms with Crippen molar-refractivity contribution in [3.63, 3.8) is 0 Å². The molecule has 6 nitrogen and oxygen atoms in total. The summed E-state index contributed by atoms with van der Waals surface area (Å²) in [4.78, 5) is 11.2. The van der Waals surface area contributed by atoms with Gasteiger partial charge in [-0.1, -0.05) is 12.1 Å². The maximum atomic E-state index is 13.3. The number of benzene rings is 2. The first-order chi connectivity index (χ1) is 12.0. The van der Waals surface area contributed by atoms with Crippen molar-refractivity contribution in [1.82, 2.24) is 20.4 Å². The summed E-state index contributed by atoms with van der Waals surface area (Å²) in [6, 6.07) is 9.30. The Bertz CT molecular complexity index is 1060. The first-order valence-electron chi connectivity index (χ1n) is 7.02. The van der Waals surface area contributed by atoms with Crippen LogP contribution in [0.15, 0.2) is 36.4 Å². The van der Waals surface area contributed by atoms with Gasteiger partial charge in [0.25, 0.3) is 0 Å². The smallest absolute Gasteiger partial charge is 0.359 e. The number of nitrogens with one attached hydrogen (secondary N) is 2. The number of nitrogens with zero attached hydrogens (tertiary/aromatic N) is 2. The van der Waals surface area contributed by atoms with E-state index in [1.165, 1.54) is 25.3 Å². The van der Waals surface area contributed by atoms with Crippen LogP contribution < -0.4 is 0 Å². The third-order valence-corrected chi connectivity index (χ3v) is 4.18. The molecule has 9 heteroatoms. The Balaban J connectivity index is 0.000000150. The highest BCUT2D eigenvalue weighted by Gasteiger charge is 2.17. The van der Waals surface area contributed by atoms with Crippen LogP contribution in [-0.2, 0) is 4.74 Å². The number of hydrogen-bond acceptors (Lipinski definition) is 4. The van der Waals surface area contributed by atoms with Crippen LogP contribution >= 0.6 is 22.6 Å². The van der Waals surface area contributed by atoms with E-state index in [0.717, 1.165) is 3.70 Å². The van der Waals surface area contributed by atoms with E-state index in [0.29, 0.717) is 16.4 Å². The number of hydrogen-bond donors (Lipinski definition) is 2. The highest BCUT2D eigenvalue weighted by molar-refractivity contribution is 14.1. The molecule has 0 radical (unpaired) electrons. The van der Waals surface area contributed by atoms with Gasteiger partial charge in [0.05, 0.1) is 28.9 Å². The van der Waals surface area contributed by atoms with Crippen molar-refractivity contribution in [2.45, 2.75) is 0 Å². The van der Waals surface area contributed by atoms with E-state index in [2.05, 4.69) is 25.1 Å². The van der Waals surface area contributed by atoms with Crippen molar-refractivity contribution in [2.24, 2.45) is 0 Å². The first-order valence-corrected chi connectivity index (χ1v) is 8.09. The molecule has 0 atom stereocenters. The van der Waals surface area contributed by atoms with E-state index >= 15 is 0 Å². The number of aromatic amines is 2. The molecule has 0 aliphatic carbocycles. The Morgan fingerprint density at radius 2 is 1.72 bits per heavy atom. The zero-order valence-corrected chi connectivity index (χ0v) is 15.0. The predicted octanol–water partition coefficient (Wildman–Crippen LogP) is 3.80. The van der Waals surface area contributed by atoms with Gasteiger partial charge in [0.15, 0.2) is 5.69 Å². The average molecular weight is 456 g/mol. The number of halogens is 3. The fourth-order valence-corrected chi connectivity index (χ4v) is 2.92. The quantitative estimate of drug-likeness (QED) is 0.337. The molecule has 0 saturated heterocycles. The molecule has 0 amide bonds. The number of esters is 1. The minimum absolute atomic E-state index is 0.0272. The van der Waals surface area contributed by atoms with Crippen LogP contribution in [0.2, 0.25) is 0 Å². The maximum absolute atomic E-state index is 13.3. The summed E-state index contributed by atoms with van der Waals surface area (Å²) in [7, 11) is 1.23. The molecule has 0 aliphatic rings. The van der Waals surface area contributed by atoms with Crippen molar-refractivity contribution in [1.29, 1.82) is 0 Å². The summed E-state index contributed by atoms with van der Waals surface area (Å²) in [5, 5.41) is 13.6. The number of fused-ring (bicyclic) bond motifs is 2. The summed E-state index contributed by atoms with van der Waals surface area (Å²) in [5.74, 6) is -1.36. The molecule has 25 heavy (non-hydrogen) atoms. The Morgan fingerprint density at radius 1 is 1.04 bits per heavy atom. The largest absolute Gasteiger partial charge is 0.464 e. The van der Waals surface area contributed by atoms with Gasteiger partial charge in [0.1, 0.15) is 15.3 Å². The van der Waals surface area contributed by atoms with Gasteiger partial charge < -0.3 is 4.74 Å². The number of carbonyl (C=O) groups excluding carboxylic acids is 1. The van der Waals surface area contributed by atoms with Crippen molar-refractivity contribution < 1.29 is 18.3 Å². The van der Waals surface area contributed by atoms with Gasteiger partial charge in [-0.15, -0.1) is 0 Å². The molecule has 2 N–H and O–H groups in total. The predicted molar refractivity (Wildman–Crippen MR) is 96.2 cm³/mol. The van der Waals surface area contributed by atoms with Crippen LogP contribution in [0.5, 0.6) is 0 Å². The topological polar surface area (TPSA) is 83.7 Å². The monoisotopic (exact) mass is 456 g/mol. The molecule has 2 aromatic heterocycles. The summed E-state index contributed by atoms with van der Waals surface area (Å²) < 4.78 is 31.5. The lowest BCUT2D eigenvalue weighted by atomic mass is 10.2. The molecule has 0 unspecified atom stereocenters. The zero-order valence-electron chi connectivity index (χ0n) is 12.8. The molecular weight excluding hydrogens is 445 g/mol.